The van der Waals surface area contributed by atoms with Crippen molar-refractivity contribution in [2.75, 3.05) is 13.2 Å². The number of carbonyl (C=O) groups excluding carboxylic acids is 3. The Bertz CT molecular complexity index is 1320. The summed E-state index contributed by atoms with van der Waals surface area (Å²) < 4.78 is 16.8. The normalized spacial score (nSPS) is 12.7. The summed E-state index contributed by atoms with van der Waals surface area (Å²) in [7, 11) is 0. The third kappa shape index (κ3) is 53.5. The van der Waals surface area contributed by atoms with Crippen LogP contribution in [0.5, 0.6) is 0 Å². The summed E-state index contributed by atoms with van der Waals surface area (Å²) in [6.45, 7) is 6.48. The van der Waals surface area contributed by atoms with Gasteiger partial charge in [0.2, 0.25) is 0 Å². The fourth-order valence-corrected chi connectivity index (χ4v) is 7.81. The fraction of sp³-hybridized carbons (Fsp3) is 0.726. The molecule has 0 saturated carbocycles. The van der Waals surface area contributed by atoms with E-state index in [1.807, 2.05) is 0 Å². The molecule has 68 heavy (non-hydrogen) atoms. The number of ether oxygens (including phenoxy) is 3. The molecule has 0 saturated heterocycles. The van der Waals surface area contributed by atoms with E-state index in [1.165, 1.54) is 103 Å². The number of esters is 3. The first-order valence-corrected chi connectivity index (χ1v) is 28.6. The molecule has 0 bridgehead atoms. The van der Waals surface area contributed by atoms with Gasteiger partial charge in [-0.05, 0) is 116 Å². The highest BCUT2D eigenvalue weighted by Crippen LogP contribution is 2.14. The molecule has 1 atom stereocenters. The number of hydrogen-bond acceptors (Lipinski definition) is 6. The Morgan fingerprint density at radius 1 is 0.309 bits per heavy atom. The molecule has 0 aromatic carbocycles. The predicted octanol–water partition coefficient (Wildman–Crippen LogP) is 19.2. The Hall–Kier alpha value is -3.41. The van der Waals surface area contributed by atoms with E-state index in [0.29, 0.717) is 19.3 Å². The van der Waals surface area contributed by atoms with Crippen molar-refractivity contribution in [1.29, 1.82) is 0 Å². The minimum absolute atomic E-state index is 0.0924. The van der Waals surface area contributed by atoms with E-state index in [9.17, 15) is 14.4 Å². The van der Waals surface area contributed by atoms with Crippen LogP contribution in [0.25, 0.3) is 0 Å². The zero-order chi connectivity index (χ0) is 49.3. The number of hydrogen-bond donors (Lipinski definition) is 0. The Balaban J connectivity index is 4.44. The minimum Gasteiger partial charge on any atom is -0.462 e. The summed E-state index contributed by atoms with van der Waals surface area (Å²) in [5.41, 5.74) is 0. The molecular formula is C62H106O6. The van der Waals surface area contributed by atoms with Crippen molar-refractivity contribution in [1.82, 2.24) is 0 Å². The monoisotopic (exact) mass is 947 g/mol. The van der Waals surface area contributed by atoms with Crippen LogP contribution >= 0.6 is 0 Å². The van der Waals surface area contributed by atoms with Crippen LogP contribution in [-0.4, -0.2) is 37.2 Å². The maximum absolute atomic E-state index is 12.9. The number of allylic oxidation sites excluding steroid dienone is 14. The van der Waals surface area contributed by atoms with E-state index in [2.05, 4.69) is 106 Å². The molecule has 0 unspecified atom stereocenters. The Labute approximate surface area is 420 Å². The van der Waals surface area contributed by atoms with Gasteiger partial charge in [0.25, 0.3) is 0 Å². The largest absolute Gasteiger partial charge is 0.462 e. The number of unbranched alkanes of at least 4 members (excludes halogenated alkanes) is 26. The van der Waals surface area contributed by atoms with E-state index in [-0.39, 0.29) is 31.1 Å². The first-order chi connectivity index (χ1) is 33.5. The van der Waals surface area contributed by atoms with E-state index in [4.69, 9.17) is 14.2 Å². The van der Waals surface area contributed by atoms with Crippen molar-refractivity contribution in [2.45, 2.75) is 277 Å². The molecular weight excluding hydrogens is 841 g/mol. The van der Waals surface area contributed by atoms with Crippen LogP contribution in [0.4, 0.5) is 0 Å². The van der Waals surface area contributed by atoms with E-state index in [0.717, 1.165) is 128 Å². The molecule has 0 aromatic rings. The van der Waals surface area contributed by atoms with Crippen molar-refractivity contribution < 1.29 is 28.6 Å². The lowest BCUT2D eigenvalue weighted by Gasteiger charge is -2.18. The van der Waals surface area contributed by atoms with E-state index in [1.54, 1.807) is 0 Å². The molecule has 0 N–H and O–H groups in total. The maximum atomic E-state index is 12.9. The van der Waals surface area contributed by atoms with E-state index < -0.39 is 6.10 Å². The lowest BCUT2D eigenvalue weighted by molar-refractivity contribution is -0.167. The van der Waals surface area contributed by atoms with Gasteiger partial charge in [-0.2, -0.15) is 0 Å². The zero-order valence-electron chi connectivity index (χ0n) is 44.6. The Morgan fingerprint density at radius 3 is 0.941 bits per heavy atom. The van der Waals surface area contributed by atoms with Crippen LogP contribution in [0.2, 0.25) is 0 Å². The van der Waals surface area contributed by atoms with Crippen LogP contribution < -0.4 is 0 Å². The summed E-state index contributed by atoms with van der Waals surface area (Å²) in [4.78, 5) is 38.2. The molecule has 390 valence electrons. The zero-order valence-corrected chi connectivity index (χ0v) is 44.6. The second kappa shape index (κ2) is 56.2. The molecule has 0 aliphatic carbocycles. The summed E-state index contributed by atoms with van der Waals surface area (Å²) in [5.74, 6) is -0.924. The summed E-state index contributed by atoms with van der Waals surface area (Å²) in [6.07, 6.45) is 72.8. The van der Waals surface area contributed by atoms with Gasteiger partial charge in [-0.15, -0.1) is 0 Å². The van der Waals surface area contributed by atoms with Gasteiger partial charge >= 0.3 is 17.9 Å². The molecule has 6 heteroatoms. The molecule has 6 nitrogen and oxygen atoms in total. The molecule has 0 aliphatic rings. The third-order valence-electron chi connectivity index (χ3n) is 12.1. The highest BCUT2D eigenvalue weighted by Gasteiger charge is 2.19. The highest BCUT2D eigenvalue weighted by molar-refractivity contribution is 5.71. The van der Waals surface area contributed by atoms with Gasteiger partial charge in [-0.1, -0.05) is 221 Å². The lowest BCUT2D eigenvalue weighted by Crippen LogP contribution is -2.30. The fourth-order valence-electron chi connectivity index (χ4n) is 7.81. The van der Waals surface area contributed by atoms with Crippen LogP contribution in [0.15, 0.2) is 85.1 Å². The Kier molecular flexibility index (Phi) is 53.4. The van der Waals surface area contributed by atoms with Crippen molar-refractivity contribution in [3.8, 4) is 0 Å². The first kappa shape index (κ1) is 64.6. The average molecular weight is 948 g/mol. The molecule has 0 amide bonds. The summed E-state index contributed by atoms with van der Waals surface area (Å²) >= 11 is 0. The maximum Gasteiger partial charge on any atom is 0.306 e. The molecule has 0 heterocycles. The second-order valence-corrected chi connectivity index (χ2v) is 18.8. The van der Waals surface area contributed by atoms with Crippen molar-refractivity contribution >= 4 is 17.9 Å². The minimum atomic E-state index is -0.794. The van der Waals surface area contributed by atoms with Crippen LogP contribution in [0.3, 0.4) is 0 Å². The molecule has 0 aliphatic heterocycles. The van der Waals surface area contributed by atoms with Gasteiger partial charge in [0.05, 0.1) is 0 Å². The standard InChI is InChI=1S/C62H106O6/c1-4-7-10-13-16-19-22-25-28-30-31-32-35-37-40-43-46-49-52-55-61(64)67-58-59(57-66-60(63)54-51-48-45-42-39-36-33-27-24-21-18-15-12-9-6-3)68-62(65)56-53-50-47-44-41-38-34-29-26-23-20-17-14-11-8-5-2/h9,12,16,18-19,21,25,27-29,31-34,59H,4-8,10-11,13-15,17,20,22-24,26,30,35-58H2,1-3H3/b12-9-,19-16-,21-18-,28-25-,32-31-,33-27-,34-29-/t59-/m1/s1. The summed E-state index contributed by atoms with van der Waals surface area (Å²) in [5, 5.41) is 0. The van der Waals surface area contributed by atoms with Gasteiger partial charge in [0.1, 0.15) is 13.2 Å². The quantitative estimate of drug-likeness (QED) is 0.0262. The van der Waals surface area contributed by atoms with Gasteiger partial charge in [-0.25, -0.2) is 0 Å². The molecule has 0 aromatic heterocycles. The SMILES string of the molecule is CC/C=C\C/C=C\C/C=C\CCCCCCCC(=O)OC[C@H](COC(=O)CCCCCCCC/C=C\C/C=C\C/C=C\CCCCC)OC(=O)CCCCCCC/C=C\CCCCCCCCC. The van der Waals surface area contributed by atoms with Gasteiger partial charge in [0, 0.05) is 19.3 Å². The molecule has 0 radical (unpaired) electrons. The van der Waals surface area contributed by atoms with Crippen LogP contribution in [-0.2, 0) is 28.6 Å². The molecule has 0 fully saturated rings. The van der Waals surface area contributed by atoms with Crippen molar-refractivity contribution in [3.05, 3.63) is 85.1 Å². The molecule has 0 spiro atoms. The van der Waals surface area contributed by atoms with Gasteiger partial charge in [-0.3, -0.25) is 14.4 Å². The third-order valence-corrected chi connectivity index (χ3v) is 12.1. The van der Waals surface area contributed by atoms with Gasteiger partial charge < -0.3 is 14.2 Å². The Morgan fingerprint density at radius 2 is 0.574 bits per heavy atom. The number of rotatable bonds is 51. The predicted molar refractivity (Wildman–Crippen MR) is 293 cm³/mol. The van der Waals surface area contributed by atoms with E-state index >= 15 is 0 Å². The molecule has 0 rings (SSSR count). The highest BCUT2D eigenvalue weighted by atomic mass is 16.6. The van der Waals surface area contributed by atoms with Crippen LogP contribution in [0, 0.1) is 0 Å². The first-order valence-electron chi connectivity index (χ1n) is 28.6. The van der Waals surface area contributed by atoms with Crippen molar-refractivity contribution in [3.63, 3.8) is 0 Å². The lowest BCUT2D eigenvalue weighted by atomic mass is 10.1. The van der Waals surface area contributed by atoms with Crippen molar-refractivity contribution in [2.24, 2.45) is 0 Å². The number of carbonyl (C=O) groups is 3. The second-order valence-electron chi connectivity index (χ2n) is 18.8. The average Bonchev–Trinajstić information content (AvgIpc) is 3.34. The smallest absolute Gasteiger partial charge is 0.306 e. The van der Waals surface area contributed by atoms with Crippen LogP contribution in [0.1, 0.15) is 271 Å². The topological polar surface area (TPSA) is 78.9 Å². The summed E-state index contributed by atoms with van der Waals surface area (Å²) in [6, 6.07) is 0. The van der Waals surface area contributed by atoms with Gasteiger partial charge in [0.15, 0.2) is 6.10 Å².